The van der Waals surface area contributed by atoms with Crippen LogP contribution in [0.5, 0.6) is 0 Å². The van der Waals surface area contributed by atoms with Crippen molar-refractivity contribution >= 4 is 11.9 Å². The minimum absolute atomic E-state index is 0.0760. The van der Waals surface area contributed by atoms with E-state index in [1.54, 1.807) is 0 Å². The summed E-state index contributed by atoms with van der Waals surface area (Å²) in [6.45, 7) is 1.45. The molecule has 0 radical (unpaired) electrons. The smallest absolute Gasteiger partial charge is 0.315 e. The Morgan fingerprint density at radius 3 is 2.83 bits per heavy atom. The molecule has 1 unspecified atom stereocenters. The fraction of sp³-hybridized carbons (Fsp3) is 0.667. The Labute approximate surface area is 107 Å². The lowest BCUT2D eigenvalue weighted by Crippen LogP contribution is -2.42. The van der Waals surface area contributed by atoms with Gasteiger partial charge in [0.2, 0.25) is 5.91 Å². The molecule has 6 heteroatoms. The Bertz CT molecular complexity index is 319. The Kier molecular flexibility index (Phi) is 6.66. The van der Waals surface area contributed by atoms with E-state index in [0.717, 1.165) is 25.9 Å². The largest absolute Gasteiger partial charge is 0.378 e. The van der Waals surface area contributed by atoms with Gasteiger partial charge in [-0.05, 0) is 19.3 Å². The summed E-state index contributed by atoms with van der Waals surface area (Å²) < 4.78 is 5.42. The highest BCUT2D eigenvalue weighted by Gasteiger charge is 2.15. The predicted molar refractivity (Wildman–Crippen MR) is 66.8 cm³/mol. The first-order valence-electron chi connectivity index (χ1n) is 6.06. The molecule has 0 aliphatic carbocycles. The van der Waals surface area contributed by atoms with Crippen LogP contribution in [0.3, 0.4) is 0 Å². The third kappa shape index (κ3) is 6.11. The van der Waals surface area contributed by atoms with Gasteiger partial charge in [-0.2, -0.15) is 0 Å². The SMILES string of the molecule is C#CCNC(=O)CNC(=O)NCCC1CCCO1. The van der Waals surface area contributed by atoms with Crippen LogP contribution in [0.1, 0.15) is 19.3 Å². The second-order valence-corrected chi connectivity index (χ2v) is 4.01. The van der Waals surface area contributed by atoms with Gasteiger partial charge in [0.1, 0.15) is 0 Å². The van der Waals surface area contributed by atoms with Crippen molar-refractivity contribution in [2.24, 2.45) is 0 Å². The number of urea groups is 1. The van der Waals surface area contributed by atoms with E-state index in [2.05, 4.69) is 21.9 Å². The van der Waals surface area contributed by atoms with Crippen molar-refractivity contribution in [1.82, 2.24) is 16.0 Å². The summed E-state index contributed by atoms with van der Waals surface area (Å²) in [5.41, 5.74) is 0. The van der Waals surface area contributed by atoms with Crippen molar-refractivity contribution < 1.29 is 14.3 Å². The molecule has 3 N–H and O–H groups in total. The number of rotatable bonds is 6. The lowest BCUT2D eigenvalue weighted by molar-refractivity contribution is -0.119. The van der Waals surface area contributed by atoms with Crippen LogP contribution in [0.25, 0.3) is 0 Å². The summed E-state index contributed by atoms with van der Waals surface area (Å²) in [4.78, 5) is 22.4. The molecule has 1 aliphatic heterocycles. The molecule has 1 atom stereocenters. The van der Waals surface area contributed by atoms with Crippen molar-refractivity contribution in [3.63, 3.8) is 0 Å². The monoisotopic (exact) mass is 253 g/mol. The molecule has 0 aromatic carbocycles. The van der Waals surface area contributed by atoms with Crippen LogP contribution in [-0.4, -0.2) is 44.3 Å². The molecule has 1 aliphatic rings. The molecule has 1 saturated heterocycles. The van der Waals surface area contributed by atoms with Crippen molar-refractivity contribution in [1.29, 1.82) is 0 Å². The Hall–Kier alpha value is -1.74. The van der Waals surface area contributed by atoms with Crippen LogP contribution in [0, 0.1) is 12.3 Å². The van der Waals surface area contributed by atoms with Crippen LogP contribution in [0.2, 0.25) is 0 Å². The second kappa shape index (κ2) is 8.37. The van der Waals surface area contributed by atoms with E-state index in [4.69, 9.17) is 11.2 Å². The molecular formula is C12H19N3O3. The molecule has 3 amide bonds. The minimum atomic E-state index is -0.358. The molecule has 1 fully saturated rings. The lowest BCUT2D eigenvalue weighted by Gasteiger charge is -2.10. The highest BCUT2D eigenvalue weighted by molar-refractivity contribution is 5.83. The summed E-state index contributed by atoms with van der Waals surface area (Å²) in [7, 11) is 0. The number of ether oxygens (including phenoxy) is 1. The van der Waals surface area contributed by atoms with Gasteiger partial charge in [0, 0.05) is 13.2 Å². The summed E-state index contributed by atoms with van der Waals surface area (Å²) in [6, 6.07) is -0.358. The molecule has 100 valence electrons. The van der Waals surface area contributed by atoms with E-state index in [-0.39, 0.29) is 31.1 Å². The van der Waals surface area contributed by atoms with E-state index >= 15 is 0 Å². The van der Waals surface area contributed by atoms with Gasteiger partial charge in [-0.1, -0.05) is 5.92 Å². The molecule has 1 rings (SSSR count). The van der Waals surface area contributed by atoms with Gasteiger partial charge in [-0.3, -0.25) is 4.79 Å². The van der Waals surface area contributed by atoms with E-state index in [9.17, 15) is 9.59 Å². The summed E-state index contributed by atoms with van der Waals surface area (Å²) in [6.07, 6.45) is 8.18. The maximum Gasteiger partial charge on any atom is 0.315 e. The van der Waals surface area contributed by atoms with Gasteiger partial charge in [-0.25, -0.2) is 4.79 Å². The first kappa shape index (κ1) is 14.3. The molecule has 0 spiro atoms. The van der Waals surface area contributed by atoms with Crippen molar-refractivity contribution in [3.8, 4) is 12.3 Å². The third-order valence-corrected chi connectivity index (χ3v) is 2.57. The average Bonchev–Trinajstić information content (AvgIpc) is 2.87. The standard InChI is InChI=1S/C12H19N3O3/c1-2-6-13-11(16)9-15-12(17)14-7-5-10-4-3-8-18-10/h1,10H,3-9H2,(H,13,16)(H2,14,15,17). The Balaban J connectivity index is 1.99. The van der Waals surface area contributed by atoms with Crippen LogP contribution in [-0.2, 0) is 9.53 Å². The number of hydrogen-bond donors (Lipinski definition) is 3. The van der Waals surface area contributed by atoms with Crippen LogP contribution < -0.4 is 16.0 Å². The van der Waals surface area contributed by atoms with Gasteiger partial charge in [0.05, 0.1) is 19.2 Å². The summed E-state index contributed by atoms with van der Waals surface area (Å²) in [5.74, 6) is 1.97. The van der Waals surface area contributed by atoms with Gasteiger partial charge in [0.25, 0.3) is 0 Å². The predicted octanol–water partition coefficient (Wildman–Crippen LogP) is -0.396. The van der Waals surface area contributed by atoms with Crippen molar-refractivity contribution in [2.45, 2.75) is 25.4 Å². The minimum Gasteiger partial charge on any atom is -0.378 e. The fourth-order valence-electron chi connectivity index (χ4n) is 1.65. The Morgan fingerprint density at radius 2 is 2.17 bits per heavy atom. The maximum atomic E-state index is 11.3. The summed E-state index contributed by atoms with van der Waals surface area (Å²) in [5, 5.41) is 7.57. The molecule has 0 aromatic rings. The topological polar surface area (TPSA) is 79.5 Å². The lowest BCUT2D eigenvalue weighted by atomic mass is 10.2. The quantitative estimate of drug-likeness (QED) is 0.564. The van der Waals surface area contributed by atoms with Crippen LogP contribution in [0.4, 0.5) is 4.79 Å². The van der Waals surface area contributed by atoms with E-state index in [1.807, 2.05) is 0 Å². The molecule has 18 heavy (non-hydrogen) atoms. The Morgan fingerprint density at radius 1 is 1.33 bits per heavy atom. The first-order valence-corrected chi connectivity index (χ1v) is 6.06. The average molecular weight is 253 g/mol. The molecule has 0 saturated carbocycles. The molecule has 1 heterocycles. The number of nitrogens with one attached hydrogen (secondary N) is 3. The number of hydrogen-bond acceptors (Lipinski definition) is 3. The zero-order valence-electron chi connectivity index (χ0n) is 10.3. The molecular weight excluding hydrogens is 234 g/mol. The maximum absolute atomic E-state index is 11.3. The normalized spacial score (nSPS) is 17.8. The number of terminal acetylenes is 1. The zero-order chi connectivity index (χ0) is 13.2. The van der Waals surface area contributed by atoms with Crippen molar-refractivity contribution in [2.75, 3.05) is 26.2 Å². The van der Waals surface area contributed by atoms with E-state index in [0.29, 0.717) is 6.54 Å². The first-order chi connectivity index (χ1) is 8.72. The molecule has 0 aromatic heterocycles. The van der Waals surface area contributed by atoms with Gasteiger partial charge >= 0.3 is 6.03 Å². The number of amides is 3. The van der Waals surface area contributed by atoms with E-state index in [1.165, 1.54) is 0 Å². The fourth-order valence-corrected chi connectivity index (χ4v) is 1.65. The highest BCUT2D eigenvalue weighted by Crippen LogP contribution is 2.14. The highest BCUT2D eigenvalue weighted by atomic mass is 16.5. The van der Waals surface area contributed by atoms with Crippen molar-refractivity contribution in [3.05, 3.63) is 0 Å². The number of carbonyl (C=O) groups is 2. The van der Waals surface area contributed by atoms with Gasteiger partial charge in [0.15, 0.2) is 0 Å². The van der Waals surface area contributed by atoms with E-state index < -0.39 is 0 Å². The molecule has 6 nitrogen and oxygen atoms in total. The third-order valence-electron chi connectivity index (χ3n) is 2.57. The van der Waals surface area contributed by atoms with Crippen LogP contribution >= 0.6 is 0 Å². The second-order valence-electron chi connectivity index (χ2n) is 4.01. The zero-order valence-corrected chi connectivity index (χ0v) is 10.3. The van der Waals surface area contributed by atoms with Crippen LogP contribution in [0.15, 0.2) is 0 Å². The van der Waals surface area contributed by atoms with Gasteiger partial charge in [-0.15, -0.1) is 6.42 Å². The molecule has 0 bridgehead atoms. The van der Waals surface area contributed by atoms with Gasteiger partial charge < -0.3 is 20.7 Å². The summed E-state index contributed by atoms with van der Waals surface area (Å²) >= 11 is 0. The number of carbonyl (C=O) groups excluding carboxylic acids is 2.